The number of nitrogens with zero attached hydrogens (tertiary/aromatic N) is 4. The van der Waals surface area contributed by atoms with Gasteiger partial charge >= 0.3 is 0 Å². The van der Waals surface area contributed by atoms with E-state index < -0.39 is 0 Å². The van der Waals surface area contributed by atoms with Crippen molar-refractivity contribution in [2.45, 2.75) is 0 Å². The normalized spacial score (nSPS) is 10.7. The highest BCUT2D eigenvalue weighted by Gasteiger charge is 2.04. The molecule has 0 unspecified atom stereocenters. The van der Waals surface area contributed by atoms with Crippen LogP contribution in [0.5, 0.6) is 11.5 Å². The number of rotatable bonds is 6. The Morgan fingerprint density at radius 3 is 2.73 bits per heavy atom. The fraction of sp³-hybridized carbons (Fsp3) is 0.111. The number of hydrogen-bond donors (Lipinski definition) is 1. The zero-order chi connectivity index (χ0) is 18.4. The largest absolute Gasteiger partial charge is 0.497 e. The fourth-order valence-electron chi connectivity index (χ4n) is 2.23. The van der Waals surface area contributed by atoms with Gasteiger partial charge in [-0.3, -0.25) is 4.79 Å². The average molecular weight is 351 g/mol. The van der Waals surface area contributed by atoms with Crippen molar-refractivity contribution in [2.75, 3.05) is 19.5 Å². The summed E-state index contributed by atoms with van der Waals surface area (Å²) in [5.41, 5.74) is 1.34. The Balaban J connectivity index is 1.66. The number of anilines is 1. The number of ether oxygens (including phenoxy) is 2. The lowest BCUT2D eigenvalue weighted by atomic mass is 10.1. The minimum Gasteiger partial charge on any atom is -0.497 e. The van der Waals surface area contributed by atoms with Crippen LogP contribution in [0.2, 0.25) is 0 Å². The molecule has 0 radical (unpaired) electrons. The van der Waals surface area contributed by atoms with Crippen molar-refractivity contribution >= 4 is 17.7 Å². The molecule has 3 aromatic rings. The van der Waals surface area contributed by atoms with Gasteiger partial charge in [0.25, 0.3) is 0 Å². The van der Waals surface area contributed by atoms with Crippen molar-refractivity contribution in [1.29, 1.82) is 0 Å². The molecule has 0 aliphatic heterocycles. The van der Waals surface area contributed by atoms with Crippen LogP contribution in [-0.2, 0) is 4.79 Å². The highest BCUT2D eigenvalue weighted by atomic mass is 16.5. The minimum atomic E-state index is -0.279. The zero-order valence-corrected chi connectivity index (χ0v) is 14.3. The van der Waals surface area contributed by atoms with E-state index >= 15 is 0 Å². The molecular weight excluding hydrogens is 334 g/mol. The summed E-state index contributed by atoms with van der Waals surface area (Å²) in [5.74, 6) is 1.63. The van der Waals surface area contributed by atoms with Crippen molar-refractivity contribution in [3.63, 3.8) is 0 Å². The molecule has 0 saturated heterocycles. The lowest BCUT2D eigenvalue weighted by Gasteiger charge is -2.07. The number of hydrogen-bond acceptors (Lipinski definition) is 6. The summed E-state index contributed by atoms with van der Waals surface area (Å²) in [7, 11) is 3.15. The third-order valence-corrected chi connectivity index (χ3v) is 3.52. The highest BCUT2D eigenvalue weighted by Crippen LogP contribution is 2.25. The SMILES string of the molecule is COc1ccc(/C=C/C(=O)Nc2ccc(-n3cncn3)nc2)c(OC)c1. The van der Waals surface area contributed by atoms with Gasteiger partial charge in [0.05, 0.1) is 26.1 Å². The fourth-order valence-corrected chi connectivity index (χ4v) is 2.23. The Morgan fingerprint density at radius 1 is 1.19 bits per heavy atom. The van der Waals surface area contributed by atoms with Crippen LogP contribution in [0.25, 0.3) is 11.9 Å². The third-order valence-electron chi connectivity index (χ3n) is 3.52. The molecule has 2 aromatic heterocycles. The molecule has 0 spiro atoms. The molecule has 8 heteroatoms. The number of nitrogens with one attached hydrogen (secondary N) is 1. The van der Waals surface area contributed by atoms with E-state index in [1.165, 1.54) is 17.1 Å². The first kappa shape index (κ1) is 17.2. The number of pyridine rings is 1. The van der Waals surface area contributed by atoms with Crippen molar-refractivity contribution in [3.8, 4) is 17.3 Å². The number of carbonyl (C=O) groups excluding carboxylic acids is 1. The molecule has 0 bridgehead atoms. The molecule has 3 rings (SSSR count). The van der Waals surface area contributed by atoms with Crippen molar-refractivity contribution in [3.05, 3.63) is 60.8 Å². The van der Waals surface area contributed by atoms with Gasteiger partial charge in [-0.15, -0.1) is 0 Å². The Kier molecular flexibility index (Phi) is 5.23. The van der Waals surface area contributed by atoms with Crippen molar-refractivity contribution in [2.24, 2.45) is 0 Å². The average Bonchev–Trinajstić information content (AvgIpc) is 3.21. The number of methoxy groups -OCH3 is 2. The first-order valence-corrected chi connectivity index (χ1v) is 7.72. The van der Waals surface area contributed by atoms with E-state index in [-0.39, 0.29) is 5.91 Å². The molecule has 0 aliphatic carbocycles. The maximum absolute atomic E-state index is 12.1. The number of aromatic nitrogens is 4. The Bertz CT molecular complexity index is 905. The second-order valence-corrected chi connectivity index (χ2v) is 5.18. The van der Waals surface area contributed by atoms with Gasteiger partial charge in [0.15, 0.2) is 5.82 Å². The molecule has 0 saturated carbocycles. The van der Waals surface area contributed by atoms with E-state index in [4.69, 9.17) is 9.47 Å². The van der Waals surface area contributed by atoms with Gasteiger partial charge in [-0.2, -0.15) is 5.10 Å². The zero-order valence-electron chi connectivity index (χ0n) is 14.3. The van der Waals surface area contributed by atoms with Gasteiger partial charge in [0.2, 0.25) is 5.91 Å². The van der Waals surface area contributed by atoms with Crippen LogP contribution in [0, 0.1) is 0 Å². The number of carbonyl (C=O) groups is 1. The van der Waals surface area contributed by atoms with E-state index in [2.05, 4.69) is 20.4 Å². The Hall–Kier alpha value is -3.68. The van der Waals surface area contributed by atoms with Crippen molar-refractivity contribution < 1.29 is 14.3 Å². The van der Waals surface area contributed by atoms with Gasteiger partial charge in [-0.25, -0.2) is 14.6 Å². The molecule has 0 fully saturated rings. The van der Waals surface area contributed by atoms with Crippen molar-refractivity contribution in [1.82, 2.24) is 19.7 Å². The van der Waals surface area contributed by atoms with Gasteiger partial charge in [0.1, 0.15) is 24.2 Å². The molecule has 1 aromatic carbocycles. The standard InChI is InChI=1S/C18H17N5O3/c1-25-15-6-3-13(16(9-15)26-2)4-8-18(24)22-14-5-7-17(20-10-14)23-12-19-11-21-23/h3-12H,1-2H3,(H,22,24)/b8-4+. The summed E-state index contributed by atoms with van der Waals surface area (Å²) in [6, 6.07) is 8.84. The maximum Gasteiger partial charge on any atom is 0.248 e. The summed E-state index contributed by atoms with van der Waals surface area (Å²) in [4.78, 5) is 20.2. The lowest BCUT2D eigenvalue weighted by Crippen LogP contribution is -2.08. The maximum atomic E-state index is 12.1. The van der Waals surface area contributed by atoms with Crippen LogP contribution in [-0.4, -0.2) is 39.9 Å². The molecule has 8 nitrogen and oxygen atoms in total. The monoisotopic (exact) mass is 351 g/mol. The van der Waals surface area contributed by atoms with Crippen LogP contribution in [0.15, 0.2) is 55.3 Å². The number of amides is 1. The van der Waals surface area contributed by atoms with Crippen LogP contribution in [0.3, 0.4) is 0 Å². The minimum absolute atomic E-state index is 0.279. The summed E-state index contributed by atoms with van der Waals surface area (Å²) in [6.07, 6.45) is 7.62. The van der Waals surface area contributed by atoms with Gasteiger partial charge in [-0.05, 0) is 30.3 Å². The summed E-state index contributed by atoms with van der Waals surface area (Å²) < 4.78 is 12.0. The quantitative estimate of drug-likeness (QED) is 0.686. The van der Waals surface area contributed by atoms with Crippen LogP contribution < -0.4 is 14.8 Å². The van der Waals surface area contributed by atoms with E-state index in [1.54, 1.807) is 57.1 Å². The van der Waals surface area contributed by atoms with Gasteiger partial charge < -0.3 is 14.8 Å². The van der Waals surface area contributed by atoms with Crippen LogP contribution in [0.1, 0.15) is 5.56 Å². The second-order valence-electron chi connectivity index (χ2n) is 5.18. The second kappa shape index (κ2) is 7.93. The molecular formula is C18H17N5O3. The number of benzene rings is 1. The molecule has 0 aliphatic rings. The molecule has 132 valence electrons. The Labute approximate surface area is 150 Å². The smallest absolute Gasteiger partial charge is 0.248 e. The van der Waals surface area contributed by atoms with E-state index in [0.29, 0.717) is 23.0 Å². The predicted molar refractivity (Wildman–Crippen MR) is 96.4 cm³/mol. The lowest BCUT2D eigenvalue weighted by molar-refractivity contribution is -0.111. The van der Waals surface area contributed by atoms with Crippen LogP contribution in [0.4, 0.5) is 5.69 Å². The molecule has 1 amide bonds. The van der Waals surface area contributed by atoms with E-state index in [1.807, 2.05) is 6.07 Å². The summed E-state index contributed by atoms with van der Waals surface area (Å²) in [6.45, 7) is 0. The predicted octanol–water partition coefficient (Wildman–Crippen LogP) is 2.33. The van der Waals surface area contributed by atoms with E-state index in [0.717, 1.165) is 5.56 Å². The van der Waals surface area contributed by atoms with E-state index in [9.17, 15) is 4.79 Å². The first-order valence-electron chi connectivity index (χ1n) is 7.72. The first-order chi connectivity index (χ1) is 12.7. The molecule has 0 atom stereocenters. The topological polar surface area (TPSA) is 91.2 Å². The molecule has 26 heavy (non-hydrogen) atoms. The molecule has 1 N–H and O–H groups in total. The summed E-state index contributed by atoms with van der Waals surface area (Å²) in [5, 5.41) is 6.74. The third kappa shape index (κ3) is 4.04. The summed E-state index contributed by atoms with van der Waals surface area (Å²) >= 11 is 0. The van der Waals surface area contributed by atoms with Crippen LogP contribution >= 0.6 is 0 Å². The Morgan fingerprint density at radius 2 is 2.08 bits per heavy atom. The highest BCUT2D eigenvalue weighted by molar-refractivity contribution is 6.02. The van der Waals surface area contributed by atoms with Gasteiger partial charge in [-0.1, -0.05) is 0 Å². The van der Waals surface area contributed by atoms with Gasteiger partial charge in [0, 0.05) is 17.7 Å². The molecule has 2 heterocycles.